The lowest BCUT2D eigenvalue weighted by Gasteiger charge is -2.44. The van der Waals surface area contributed by atoms with Crippen LogP contribution in [0.3, 0.4) is 0 Å². The van der Waals surface area contributed by atoms with Crippen molar-refractivity contribution in [2.45, 2.75) is 44.1 Å². The van der Waals surface area contributed by atoms with E-state index in [-0.39, 0.29) is 17.3 Å². The summed E-state index contributed by atoms with van der Waals surface area (Å²) in [6.45, 7) is 6.34. The molecule has 168 valence electrons. The summed E-state index contributed by atoms with van der Waals surface area (Å²) < 4.78 is 12.6. The number of aromatic nitrogens is 3. The van der Waals surface area contributed by atoms with Gasteiger partial charge in [0.2, 0.25) is 0 Å². The van der Waals surface area contributed by atoms with Crippen molar-refractivity contribution in [3.63, 3.8) is 0 Å². The number of nitrogens with zero attached hydrogens (tertiary/aromatic N) is 4. The SMILES string of the molecule is COC(=O)C1CCC1(OC)c1nc2c(C)cc(N3CC[C@](C)(c4ccccc4)C3)cn2n1. The summed E-state index contributed by atoms with van der Waals surface area (Å²) in [5.41, 5.74) is 3.67. The molecular weight excluding hydrogens is 404 g/mol. The van der Waals surface area contributed by atoms with Crippen LogP contribution in [0.1, 0.15) is 43.1 Å². The van der Waals surface area contributed by atoms with Gasteiger partial charge in [-0.15, -0.1) is 5.10 Å². The van der Waals surface area contributed by atoms with E-state index in [1.54, 1.807) is 7.11 Å². The number of esters is 1. The summed E-state index contributed by atoms with van der Waals surface area (Å²) >= 11 is 0. The third kappa shape index (κ3) is 3.10. The van der Waals surface area contributed by atoms with Crippen LogP contribution in [0.15, 0.2) is 42.6 Å². The molecule has 1 aromatic carbocycles. The number of benzene rings is 1. The number of methoxy groups -OCH3 is 2. The fourth-order valence-corrected chi connectivity index (χ4v) is 5.35. The first-order valence-electron chi connectivity index (χ1n) is 11.2. The highest BCUT2D eigenvalue weighted by atomic mass is 16.5. The summed E-state index contributed by atoms with van der Waals surface area (Å²) in [7, 11) is 3.03. The molecular formula is C25H30N4O3. The van der Waals surface area contributed by atoms with Crippen molar-refractivity contribution in [3.05, 3.63) is 59.5 Å². The minimum Gasteiger partial charge on any atom is -0.469 e. The Bertz CT molecular complexity index is 1160. The molecule has 0 radical (unpaired) electrons. The number of aryl methyl sites for hydroxylation is 1. The second kappa shape index (κ2) is 7.59. The van der Waals surface area contributed by atoms with E-state index in [0.717, 1.165) is 36.4 Å². The average Bonchev–Trinajstić information content (AvgIpc) is 3.39. The lowest BCUT2D eigenvalue weighted by Crippen LogP contribution is -2.51. The summed E-state index contributed by atoms with van der Waals surface area (Å²) in [5.74, 6) is -0.0936. The number of hydrogen-bond donors (Lipinski definition) is 0. The zero-order valence-corrected chi connectivity index (χ0v) is 19.2. The Hall–Kier alpha value is -2.93. The summed E-state index contributed by atoms with van der Waals surface area (Å²) in [6, 6.07) is 12.9. The van der Waals surface area contributed by atoms with E-state index in [1.807, 2.05) is 10.7 Å². The maximum absolute atomic E-state index is 12.3. The van der Waals surface area contributed by atoms with Crippen molar-refractivity contribution < 1.29 is 14.3 Å². The Labute approximate surface area is 188 Å². The maximum atomic E-state index is 12.3. The standard InChI is InChI=1S/C25H30N4O3/c1-17-14-19(28-13-12-24(2,16-28)18-8-6-5-7-9-18)15-29-21(17)26-23(27-29)25(32-4)11-10-20(25)22(30)31-3/h5-9,14-15,20H,10-13,16H2,1-4H3/t20?,24-,25?/m0/s1. The van der Waals surface area contributed by atoms with Gasteiger partial charge in [-0.1, -0.05) is 37.3 Å². The van der Waals surface area contributed by atoms with Gasteiger partial charge in [-0.2, -0.15) is 0 Å². The van der Waals surface area contributed by atoms with Crippen molar-refractivity contribution in [3.8, 4) is 0 Å². The summed E-state index contributed by atoms with van der Waals surface area (Å²) in [5, 5.41) is 4.78. The number of fused-ring (bicyclic) bond motifs is 1. The van der Waals surface area contributed by atoms with Crippen molar-refractivity contribution >= 4 is 17.3 Å². The number of carbonyl (C=O) groups is 1. The first-order chi connectivity index (χ1) is 15.4. The largest absolute Gasteiger partial charge is 0.469 e. The molecule has 3 atom stereocenters. The fraction of sp³-hybridized carbons (Fsp3) is 0.480. The van der Waals surface area contributed by atoms with Gasteiger partial charge in [-0.3, -0.25) is 4.79 Å². The van der Waals surface area contributed by atoms with Crippen molar-refractivity contribution in [1.29, 1.82) is 0 Å². The molecule has 32 heavy (non-hydrogen) atoms. The molecule has 2 aliphatic rings. The zero-order valence-electron chi connectivity index (χ0n) is 19.2. The van der Waals surface area contributed by atoms with Gasteiger partial charge >= 0.3 is 5.97 Å². The van der Waals surface area contributed by atoms with Crippen LogP contribution in [0.5, 0.6) is 0 Å². The minimum absolute atomic E-state index is 0.122. The molecule has 3 heterocycles. The monoisotopic (exact) mass is 434 g/mol. The number of ether oxygens (including phenoxy) is 2. The molecule has 0 spiro atoms. The molecule has 0 amide bonds. The molecule has 0 N–H and O–H groups in total. The van der Waals surface area contributed by atoms with E-state index in [4.69, 9.17) is 19.6 Å². The highest BCUT2D eigenvalue weighted by Gasteiger charge is 2.56. The number of rotatable bonds is 5. The predicted octanol–water partition coefficient (Wildman–Crippen LogP) is 3.63. The Morgan fingerprint density at radius 2 is 1.97 bits per heavy atom. The van der Waals surface area contributed by atoms with Gasteiger partial charge in [-0.05, 0) is 43.4 Å². The number of anilines is 1. The quantitative estimate of drug-likeness (QED) is 0.571. The smallest absolute Gasteiger partial charge is 0.312 e. The van der Waals surface area contributed by atoms with Crippen LogP contribution in [0, 0.1) is 12.8 Å². The van der Waals surface area contributed by atoms with Crippen LogP contribution >= 0.6 is 0 Å². The third-order valence-corrected chi connectivity index (χ3v) is 7.51. The first kappa shape index (κ1) is 20.9. The van der Waals surface area contributed by atoms with E-state index in [2.05, 4.69) is 55.1 Å². The molecule has 1 saturated carbocycles. The Morgan fingerprint density at radius 3 is 2.62 bits per heavy atom. The van der Waals surface area contributed by atoms with E-state index in [9.17, 15) is 4.79 Å². The van der Waals surface area contributed by atoms with E-state index in [0.29, 0.717) is 18.7 Å². The van der Waals surface area contributed by atoms with Gasteiger partial charge in [-0.25, -0.2) is 9.50 Å². The van der Waals surface area contributed by atoms with E-state index < -0.39 is 5.60 Å². The lowest BCUT2D eigenvalue weighted by atomic mass is 9.68. The van der Waals surface area contributed by atoms with Crippen LogP contribution in [0.4, 0.5) is 5.69 Å². The number of hydrogen-bond acceptors (Lipinski definition) is 6. The summed E-state index contributed by atoms with van der Waals surface area (Å²) in [6.07, 6.45) is 4.56. The molecule has 2 unspecified atom stereocenters. The normalized spacial score (nSPS) is 27.5. The average molecular weight is 435 g/mol. The highest BCUT2D eigenvalue weighted by Crippen LogP contribution is 2.49. The number of carbonyl (C=O) groups excluding carboxylic acids is 1. The van der Waals surface area contributed by atoms with Crippen LogP contribution in [0.2, 0.25) is 0 Å². The molecule has 1 aliphatic carbocycles. The molecule has 2 fully saturated rings. The van der Waals surface area contributed by atoms with E-state index in [1.165, 1.54) is 12.7 Å². The molecule has 2 aromatic heterocycles. The highest BCUT2D eigenvalue weighted by molar-refractivity contribution is 5.75. The Kier molecular flexibility index (Phi) is 4.97. The fourth-order valence-electron chi connectivity index (χ4n) is 5.35. The van der Waals surface area contributed by atoms with Crippen LogP contribution in [-0.2, 0) is 25.3 Å². The molecule has 7 heteroatoms. The van der Waals surface area contributed by atoms with Crippen molar-refractivity contribution in [1.82, 2.24) is 14.6 Å². The zero-order chi connectivity index (χ0) is 22.5. The molecule has 1 saturated heterocycles. The molecule has 3 aromatic rings. The second-order valence-electron chi connectivity index (χ2n) is 9.39. The predicted molar refractivity (Wildman–Crippen MR) is 122 cm³/mol. The minimum atomic E-state index is -0.814. The van der Waals surface area contributed by atoms with Crippen LogP contribution in [-0.4, -0.2) is 47.9 Å². The third-order valence-electron chi connectivity index (χ3n) is 7.51. The molecule has 1 aliphatic heterocycles. The van der Waals surface area contributed by atoms with Gasteiger partial charge in [0, 0.05) is 25.6 Å². The van der Waals surface area contributed by atoms with Crippen LogP contribution in [0.25, 0.3) is 5.65 Å². The second-order valence-corrected chi connectivity index (χ2v) is 9.39. The van der Waals surface area contributed by atoms with Gasteiger partial charge in [0.05, 0.1) is 24.9 Å². The molecule has 0 bridgehead atoms. The van der Waals surface area contributed by atoms with Gasteiger partial charge in [0.1, 0.15) is 5.60 Å². The Balaban J connectivity index is 1.47. The number of pyridine rings is 1. The Morgan fingerprint density at radius 1 is 1.19 bits per heavy atom. The molecule has 7 nitrogen and oxygen atoms in total. The van der Waals surface area contributed by atoms with Crippen molar-refractivity contribution in [2.75, 3.05) is 32.2 Å². The van der Waals surface area contributed by atoms with Gasteiger partial charge in [0.15, 0.2) is 11.5 Å². The van der Waals surface area contributed by atoms with Crippen molar-refractivity contribution in [2.24, 2.45) is 5.92 Å². The lowest BCUT2D eigenvalue weighted by molar-refractivity contribution is -0.182. The maximum Gasteiger partial charge on any atom is 0.312 e. The van der Waals surface area contributed by atoms with E-state index >= 15 is 0 Å². The van der Waals surface area contributed by atoms with Crippen LogP contribution < -0.4 is 4.90 Å². The first-order valence-corrected chi connectivity index (χ1v) is 11.2. The molecule has 5 rings (SSSR count). The summed E-state index contributed by atoms with van der Waals surface area (Å²) in [4.78, 5) is 19.5. The van der Waals surface area contributed by atoms with Gasteiger partial charge in [0.25, 0.3) is 0 Å². The topological polar surface area (TPSA) is 69.0 Å². The van der Waals surface area contributed by atoms with Gasteiger partial charge < -0.3 is 14.4 Å².